The Hall–Kier alpha value is -0.570. The monoisotopic (exact) mass is 369 g/mol. The molecule has 0 aliphatic rings. The number of carbonyl (C=O) groups is 1. The molecule has 3 heteroatoms. The van der Waals surface area contributed by atoms with Gasteiger partial charge in [0.1, 0.15) is 0 Å². The Balaban J connectivity index is 3.26. The van der Waals surface area contributed by atoms with Crippen molar-refractivity contribution in [3.63, 3.8) is 0 Å². The van der Waals surface area contributed by atoms with E-state index in [1.54, 1.807) is 0 Å². The molecule has 0 heterocycles. The molecule has 3 nitrogen and oxygen atoms in total. The molecule has 0 saturated heterocycles. The number of hydrogen-bond acceptors (Lipinski definition) is 3. The van der Waals surface area contributed by atoms with Crippen molar-refractivity contribution < 1.29 is 9.53 Å². The predicted molar refractivity (Wildman–Crippen MR) is 114 cm³/mol. The molecule has 26 heavy (non-hydrogen) atoms. The van der Waals surface area contributed by atoms with Crippen LogP contribution in [-0.4, -0.2) is 37.6 Å². The lowest BCUT2D eigenvalue weighted by Gasteiger charge is -2.16. The highest BCUT2D eigenvalue weighted by atomic mass is 16.5. The van der Waals surface area contributed by atoms with Gasteiger partial charge in [0.25, 0.3) is 0 Å². The molecule has 0 unspecified atom stereocenters. The van der Waals surface area contributed by atoms with Gasteiger partial charge in [-0.3, -0.25) is 4.79 Å². The van der Waals surface area contributed by atoms with E-state index in [0.29, 0.717) is 13.0 Å². The van der Waals surface area contributed by atoms with Crippen molar-refractivity contribution >= 4 is 5.97 Å². The van der Waals surface area contributed by atoms with E-state index in [9.17, 15) is 4.79 Å². The van der Waals surface area contributed by atoms with E-state index in [1.165, 1.54) is 77.2 Å². The van der Waals surface area contributed by atoms with E-state index < -0.39 is 0 Å². The highest BCUT2D eigenvalue weighted by Crippen LogP contribution is 2.10. The third-order valence-electron chi connectivity index (χ3n) is 5.08. The predicted octanol–water partition coefficient (Wildman–Crippen LogP) is 6.74. The lowest BCUT2D eigenvalue weighted by molar-refractivity contribution is -0.143. The molecular formula is C23H47NO2. The molecule has 0 aromatic carbocycles. The first-order valence-corrected chi connectivity index (χ1v) is 11.5. The summed E-state index contributed by atoms with van der Waals surface area (Å²) in [6.07, 6.45) is 19.8. The van der Waals surface area contributed by atoms with Crippen LogP contribution >= 0.6 is 0 Å². The first-order valence-electron chi connectivity index (χ1n) is 11.5. The van der Waals surface area contributed by atoms with Gasteiger partial charge < -0.3 is 9.64 Å². The summed E-state index contributed by atoms with van der Waals surface area (Å²) in [5, 5.41) is 0. The third-order valence-corrected chi connectivity index (χ3v) is 5.08. The maximum absolute atomic E-state index is 11.6. The minimum Gasteiger partial charge on any atom is -0.466 e. The van der Waals surface area contributed by atoms with E-state index >= 15 is 0 Å². The minimum atomic E-state index is -0.0100. The SMILES string of the molecule is CCCCCCCCCCCN(C)CCCCCC(=O)OCCCCC. The van der Waals surface area contributed by atoms with E-state index in [0.717, 1.165) is 32.2 Å². The highest BCUT2D eigenvalue weighted by molar-refractivity contribution is 5.69. The molecule has 0 spiro atoms. The summed E-state index contributed by atoms with van der Waals surface area (Å²) in [5.74, 6) is -0.0100. The lowest BCUT2D eigenvalue weighted by atomic mass is 10.1. The van der Waals surface area contributed by atoms with Gasteiger partial charge in [-0.25, -0.2) is 0 Å². The standard InChI is InChI=1S/C23H47NO2/c1-4-6-8-9-10-11-12-13-16-20-24(3)21-17-14-15-19-23(25)26-22-18-7-5-2/h4-22H2,1-3H3. The van der Waals surface area contributed by atoms with Crippen molar-refractivity contribution in [2.75, 3.05) is 26.7 Å². The summed E-state index contributed by atoms with van der Waals surface area (Å²) >= 11 is 0. The van der Waals surface area contributed by atoms with Gasteiger partial charge >= 0.3 is 5.97 Å². The zero-order valence-electron chi connectivity index (χ0n) is 18.2. The first kappa shape index (κ1) is 25.4. The van der Waals surface area contributed by atoms with Crippen LogP contribution < -0.4 is 0 Å². The average Bonchev–Trinajstić information content (AvgIpc) is 2.63. The molecule has 0 aliphatic carbocycles. The lowest BCUT2D eigenvalue weighted by Crippen LogP contribution is -2.20. The van der Waals surface area contributed by atoms with Crippen LogP contribution in [0.3, 0.4) is 0 Å². The van der Waals surface area contributed by atoms with Crippen molar-refractivity contribution in [1.29, 1.82) is 0 Å². The molecule has 0 radical (unpaired) electrons. The zero-order valence-corrected chi connectivity index (χ0v) is 18.2. The van der Waals surface area contributed by atoms with E-state index in [1.807, 2.05) is 0 Å². The molecule has 0 fully saturated rings. The highest BCUT2D eigenvalue weighted by Gasteiger charge is 2.03. The van der Waals surface area contributed by atoms with Crippen molar-refractivity contribution in [3.8, 4) is 0 Å². The molecule has 156 valence electrons. The van der Waals surface area contributed by atoms with Gasteiger partial charge in [0.2, 0.25) is 0 Å². The number of hydrogen-bond donors (Lipinski definition) is 0. The summed E-state index contributed by atoms with van der Waals surface area (Å²) in [7, 11) is 2.23. The number of carbonyl (C=O) groups excluding carboxylic acids is 1. The van der Waals surface area contributed by atoms with Crippen molar-refractivity contribution in [2.45, 2.75) is 117 Å². The molecule has 0 saturated carbocycles. The summed E-state index contributed by atoms with van der Waals surface area (Å²) < 4.78 is 5.23. The van der Waals surface area contributed by atoms with Crippen LogP contribution in [0.15, 0.2) is 0 Å². The molecule has 0 aliphatic heterocycles. The molecular weight excluding hydrogens is 322 g/mol. The van der Waals surface area contributed by atoms with Crippen molar-refractivity contribution in [2.24, 2.45) is 0 Å². The van der Waals surface area contributed by atoms with Crippen LogP contribution in [0.5, 0.6) is 0 Å². The second kappa shape index (κ2) is 20.7. The minimum absolute atomic E-state index is 0.0100. The average molecular weight is 370 g/mol. The Bertz CT molecular complexity index is 294. The number of ether oxygens (including phenoxy) is 1. The summed E-state index contributed by atoms with van der Waals surface area (Å²) in [6.45, 7) is 7.42. The van der Waals surface area contributed by atoms with Gasteiger partial charge in [-0.05, 0) is 45.8 Å². The maximum Gasteiger partial charge on any atom is 0.305 e. The molecule has 0 aromatic heterocycles. The fraction of sp³-hybridized carbons (Fsp3) is 0.957. The van der Waals surface area contributed by atoms with Gasteiger partial charge in [0.15, 0.2) is 0 Å². The fourth-order valence-electron chi connectivity index (χ4n) is 3.24. The largest absolute Gasteiger partial charge is 0.466 e. The Morgan fingerprint density at radius 1 is 0.654 bits per heavy atom. The van der Waals surface area contributed by atoms with Gasteiger partial charge in [0, 0.05) is 6.42 Å². The number of rotatable bonds is 20. The van der Waals surface area contributed by atoms with E-state index in [-0.39, 0.29) is 5.97 Å². The first-order chi connectivity index (χ1) is 12.7. The smallest absolute Gasteiger partial charge is 0.305 e. The van der Waals surface area contributed by atoms with E-state index in [2.05, 4.69) is 25.8 Å². The van der Waals surface area contributed by atoms with E-state index in [4.69, 9.17) is 4.74 Å². The normalized spacial score (nSPS) is 11.2. The molecule has 0 aromatic rings. The van der Waals surface area contributed by atoms with Crippen molar-refractivity contribution in [1.82, 2.24) is 4.90 Å². The second-order valence-corrected chi connectivity index (χ2v) is 7.87. The maximum atomic E-state index is 11.6. The zero-order chi connectivity index (χ0) is 19.3. The number of unbranched alkanes of at least 4 members (excludes halogenated alkanes) is 12. The summed E-state index contributed by atoms with van der Waals surface area (Å²) in [4.78, 5) is 14.0. The molecule has 0 amide bonds. The summed E-state index contributed by atoms with van der Waals surface area (Å²) in [5.41, 5.74) is 0. The Labute approximate surface area is 164 Å². The second-order valence-electron chi connectivity index (χ2n) is 7.87. The van der Waals surface area contributed by atoms with Gasteiger partial charge in [-0.15, -0.1) is 0 Å². The van der Waals surface area contributed by atoms with Crippen LogP contribution in [0.4, 0.5) is 0 Å². The number of esters is 1. The Kier molecular flexibility index (Phi) is 20.3. The fourth-order valence-corrected chi connectivity index (χ4v) is 3.24. The third kappa shape index (κ3) is 19.8. The van der Waals surface area contributed by atoms with Crippen LogP contribution in [0.2, 0.25) is 0 Å². The molecule has 0 bridgehead atoms. The summed E-state index contributed by atoms with van der Waals surface area (Å²) in [6, 6.07) is 0. The topological polar surface area (TPSA) is 29.5 Å². The van der Waals surface area contributed by atoms with Crippen LogP contribution in [0.1, 0.15) is 117 Å². The van der Waals surface area contributed by atoms with Crippen molar-refractivity contribution in [3.05, 3.63) is 0 Å². The molecule has 0 rings (SSSR count). The van der Waals surface area contributed by atoms with Crippen LogP contribution in [-0.2, 0) is 9.53 Å². The van der Waals surface area contributed by atoms with Gasteiger partial charge in [-0.2, -0.15) is 0 Å². The quantitative estimate of drug-likeness (QED) is 0.176. The van der Waals surface area contributed by atoms with Gasteiger partial charge in [-0.1, -0.05) is 84.5 Å². The van der Waals surface area contributed by atoms with Crippen LogP contribution in [0.25, 0.3) is 0 Å². The Morgan fingerprint density at radius 3 is 1.69 bits per heavy atom. The van der Waals surface area contributed by atoms with Crippen LogP contribution in [0, 0.1) is 0 Å². The van der Waals surface area contributed by atoms with Gasteiger partial charge in [0.05, 0.1) is 6.61 Å². The molecule has 0 N–H and O–H groups in total. The number of nitrogens with zero attached hydrogens (tertiary/aromatic N) is 1. The Morgan fingerprint density at radius 2 is 1.12 bits per heavy atom. The molecule has 0 atom stereocenters.